The van der Waals surface area contributed by atoms with Crippen LogP contribution in [0.1, 0.15) is 28.8 Å². The van der Waals surface area contributed by atoms with Gasteiger partial charge < -0.3 is 10.2 Å². The Labute approximate surface area is 204 Å². The van der Waals surface area contributed by atoms with Crippen LogP contribution >= 0.6 is 11.6 Å². The highest BCUT2D eigenvalue weighted by molar-refractivity contribution is 6.34. The van der Waals surface area contributed by atoms with E-state index in [9.17, 15) is 19.7 Å². The van der Waals surface area contributed by atoms with E-state index in [1.807, 2.05) is 4.90 Å². The van der Waals surface area contributed by atoms with Crippen molar-refractivity contribution in [1.82, 2.24) is 5.32 Å². The summed E-state index contributed by atoms with van der Waals surface area (Å²) in [5.74, 6) is -2.00. The number of nitriles is 2. The predicted molar refractivity (Wildman–Crippen MR) is 127 cm³/mol. The summed E-state index contributed by atoms with van der Waals surface area (Å²) in [7, 11) is 0. The number of non-ortho nitro benzene ring substituents is 1. The van der Waals surface area contributed by atoms with Gasteiger partial charge in [-0.1, -0.05) is 23.7 Å². The van der Waals surface area contributed by atoms with E-state index in [0.29, 0.717) is 18.7 Å². The number of rotatable bonds is 10. The zero-order valence-electron chi connectivity index (χ0n) is 18.1. The number of carbonyl (C=O) groups is 2. The van der Waals surface area contributed by atoms with Gasteiger partial charge in [0, 0.05) is 35.8 Å². The van der Waals surface area contributed by atoms with E-state index >= 15 is 0 Å². The van der Waals surface area contributed by atoms with Crippen LogP contribution in [0.3, 0.4) is 0 Å². The molecule has 2 amide bonds. The summed E-state index contributed by atoms with van der Waals surface area (Å²) >= 11 is 5.98. The molecular formula is C22H17ClN8O4. The predicted octanol–water partition coefficient (Wildman–Crippen LogP) is 4.49. The summed E-state index contributed by atoms with van der Waals surface area (Å²) < 4.78 is 0. The van der Waals surface area contributed by atoms with Crippen LogP contribution in [-0.4, -0.2) is 29.8 Å². The molecule has 0 aliphatic carbocycles. The lowest BCUT2D eigenvalue weighted by atomic mass is 10.1. The first-order valence-corrected chi connectivity index (χ1v) is 10.3. The number of hydrogen-bond donors (Lipinski definition) is 1. The molecule has 0 saturated carbocycles. The Morgan fingerprint density at radius 1 is 1.17 bits per heavy atom. The zero-order valence-corrected chi connectivity index (χ0v) is 18.8. The summed E-state index contributed by atoms with van der Waals surface area (Å²) in [6.07, 6.45) is 1.80. The third-order valence-corrected chi connectivity index (χ3v) is 4.91. The van der Waals surface area contributed by atoms with E-state index in [2.05, 4.69) is 27.5 Å². The van der Waals surface area contributed by atoms with Crippen molar-refractivity contribution in [3.05, 3.63) is 84.9 Å². The quantitative estimate of drug-likeness (QED) is 0.126. The second-order valence-corrected chi connectivity index (χ2v) is 7.23. The van der Waals surface area contributed by atoms with Crippen LogP contribution in [0, 0.1) is 32.8 Å². The number of hydrogen-bond acceptors (Lipinski definition) is 7. The van der Waals surface area contributed by atoms with Crippen LogP contribution in [0.15, 0.2) is 53.3 Å². The van der Waals surface area contributed by atoms with E-state index in [-0.39, 0.29) is 34.8 Å². The molecule has 0 fully saturated rings. The Kier molecular flexibility index (Phi) is 9.76. The monoisotopic (exact) mass is 492 g/mol. The fraction of sp³-hybridized carbons (Fsp3) is 0.182. The molecular weight excluding hydrogens is 476 g/mol. The van der Waals surface area contributed by atoms with Crippen LogP contribution in [0.2, 0.25) is 5.02 Å². The van der Waals surface area contributed by atoms with E-state index in [1.165, 1.54) is 12.1 Å². The molecule has 0 aliphatic heterocycles. The number of nitro groups is 1. The Balaban J connectivity index is 2.36. The van der Waals surface area contributed by atoms with Gasteiger partial charge in [-0.3, -0.25) is 19.7 Å². The molecule has 13 heteroatoms. The average Bonchev–Trinajstić information content (AvgIpc) is 2.84. The number of anilines is 1. The normalized spacial score (nSPS) is 10.3. The molecule has 0 aromatic heterocycles. The van der Waals surface area contributed by atoms with Gasteiger partial charge in [-0.25, -0.2) is 0 Å². The Bertz CT molecular complexity index is 1270. The molecule has 176 valence electrons. The highest BCUT2D eigenvalue weighted by Crippen LogP contribution is 2.23. The minimum absolute atomic E-state index is 0.0807. The van der Waals surface area contributed by atoms with Gasteiger partial charge in [-0.05, 0) is 40.5 Å². The maximum Gasteiger partial charge on any atom is 0.270 e. The zero-order chi connectivity index (χ0) is 25.8. The van der Waals surface area contributed by atoms with Crippen molar-refractivity contribution in [2.45, 2.75) is 12.8 Å². The first-order valence-electron chi connectivity index (χ1n) is 9.96. The molecule has 12 nitrogen and oxygen atoms in total. The molecule has 0 aliphatic rings. The molecule has 1 N–H and O–H groups in total. The molecule has 0 unspecified atom stereocenters. The first kappa shape index (κ1) is 26.4. The Hall–Kier alpha value is -4.90. The first-order chi connectivity index (χ1) is 16.8. The number of amides is 2. The van der Waals surface area contributed by atoms with Crippen molar-refractivity contribution in [2.24, 2.45) is 5.11 Å². The van der Waals surface area contributed by atoms with Gasteiger partial charge in [0.15, 0.2) is 0 Å². The van der Waals surface area contributed by atoms with Crippen molar-refractivity contribution in [1.29, 1.82) is 10.5 Å². The highest BCUT2D eigenvalue weighted by Gasteiger charge is 2.19. The van der Waals surface area contributed by atoms with Crippen LogP contribution in [0.25, 0.3) is 16.5 Å². The molecule has 0 radical (unpaired) electrons. The number of nitro benzene ring substituents is 1. The lowest BCUT2D eigenvalue weighted by molar-refractivity contribution is -0.384. The third-order valence-electron chi connectivity index (χ3n) is 4.58. The maximum absolute atomic E-state index is 12.7. The van der Waals surface area contributed by atoms with Gasteiger partial charge in [0.2, 0.25) is 0 Å². The van der Waals surface area contributed by atoms with Crippen LogP contribution < -0.4 is 10.2 Å². The number of carbonyl (C=O) groups excluding carboxylic acids is 2. The van der Waals surface area contributed by atoms with E-state index < -0.39 is 16.7 Å². The second kappa shape index (κ2) is 13.0. The van der Waals surface area contributed by atoms with Gasteiger partial charge in [-0.15, -0.1) is 0 Å². The summed E-state index contributed by atoms with van der Waals surface area (Å²) in [6, 6.07) is 14.0. The topological polar surface area (TPSA) is 189 Å². The fourth-order valence-corrected chi connectivity index (χ4v) is 3.13. The van der Waals surface area contributed by atoms with Gasteiger partial charge in [0.05, 0.1) is 46.2 Å². The molecule has 0 saturated heterocycles. The third kappa shape index (κ3) is 7.58. The van der Waals surface area contributed by atoms with Crippen molar-refractivity contribution >= 4 is 40.9 Å². The molecule has 35 heavy (non-hydrogen) atoms. The smallest absolute Gasteiger partial charge is 0.270 e. The average molecular weight is 493 g/mol. The number of nitrogens with one attached hydrogen (secondary N) is 1. The standard InChI is InChI=1S/C22H17ClN8O4/c23-19-8-7-17(31(34)35)14-18(19)21(32)27-20(22(33)28-29-26)13-15-3-5-16(6-4-15)30(11-1-9-24)12-2-10-25/h3-8,13-14H,1-2,11-12H2,(H,27,32)/b20-13-. The molecule has 2 aromatic carbocycles. The largest absolute Gasteiger partial charge is 0.369 e. The van der Waals surface area contributed by atoms with Crippen molar-refractivity contribution < 1.29 is 14.5 Å². The summed E-state index contributed by atoms with van der Waals surface area (Å²) in [5, 5.41) is 33.9. The molecule has 0 bridgehead atoms. The lowest BCUT2D eigenvalue weighted by Crippen LogP contribution is -2.27. The Morgan fingerprint density at radius 2 is 1.80 bits per heavy atom. The van der Waals surface area contributed by atoms with Crippen molar-refractivity contribution in [3.63, 3.8) is 0 Å². The Morgan fingerprint density at radius 3 is 2.34 bits per heavy atom. The number of nitrogens with zero attached hydrogens (tertiary/aromatic N) is 7. The minimum Gasteiger partial charge on any atom is -0.369 e. The lowest BCUT2D eigenvalue weighted by Gasteiger charge is -2.22. The highest BCUT2D eigenvalue weighted by atomic mass is 35.5. The van der Waals surface area contributed by atoms with Gasteiger partial charge in [0.1, 0.15) is 0 Å². The summed E-state index contributed by atoms with van der Waals surface area (Å²) in [5.41, 5.74) is 8.82. The van der Waals surface area contributed by atoms with Gasteiger partial charge in [-0.2, -0.15) is 10.5 Å². The van der Waals surface area contributed by atoms with Gasteiger partial charge in [0.25, 0.3) is 17.5 Å². The summed E-state index contributed by atoms with van der Waals surface area (Å²) in [4.78, 5) is 39.6. The van der Waals surface area contributed by atoms with E-state index in [4.69, 9.17) is 27.7 Å². The van der Waals surface area contributed by atoms with Crippen molar-refractivity contribution in [2.75, 3.05) is 18.0 Å². The maximum atomic E-state index is 12.7. The fourth-order valence-electron chi connectivity index (χ4n) is 2.92. The van der Waals surface area contributed by atoms with E-state index in [1.54, 1.807) is 24.3 Å². The van der Waals surface area contributed by atoms with Crippen molar-refractivity contribution in [3.8, 4) is 12.1 Å². The number of benzene rings is 2. The molecule has 2 aromatic rings. The number of halogens is 1. The molecule has 0 spiro atoms. The van der Waals surface area contributed by atoms with Crippen LogP contribution in [0.4, 0.5) is 11.4 Å². The molecule has 2 rings (SSSR count). The van der Waals surface area contributed by atoms with Gasteiger partial charge >= 0.3 is 0 Å². The van der Waals surface area contributed by atoms with Crippen LogP contribution in [0.5, 0.6) is 0 Å². The second-order valence-electron chi connectivity index (χ2n) is 6.82. The summed E-state index contributed by atoms with van der Waals surface area (Å²) in [6.45, 7) is 0.849. The van der Waals surface area contributed by atoms with Crippen LogP contribution in [-0.2, 0) is 4.79 Å². The molecule has 0 atom stereocenters. The number of azide groups is 1. The van der Waals surface area contributed by atoms with E-state index in [0.717, 1.165) is 17.8 Å². The SMILES string of the molecule is N#CCCN(CCC#N)c1ccc(/C=C(\NC(=O)c2cc([N+](=O)[O-])ccc2Cl)C(=O)N=[N+]=[N-])cc1. The molecule has 0 heterocycles. The minimum atomic E-state index is -1.09.